The highest BCUT2D eigenvalue weighted by Crippen LogP contribution is 2.40. The summed E-state index contributed by atoms with van der Waals surface area (Å²) in [6.07, 6.45) is 1.32. The van der Waals surface area contributed by atoms with Gasteiger partial charge in [0.2, 0.25) is 0 Å². The monoisotopic (exact) mass is 412 g/mol. The van der Waals surface area contributed by atoms with Gasteiger partial charge in [-0.1, -0.05) is 23.2 Å². The fourth-order valence-corrected chi connectivity index (χ4v) is 3.92. The Morgan fingerprint density at radius 1 is 1.23 bits per heavy atom. The molecule has 0 unspecified atom stereocenters. The molecule has 136 valence electrons. The summed E-state index contributed by atoms with van der Waals surface area (Å²) in [5.41, 5.74) is 7.20. The fourth-order valence-electron chi connectivity index (χ4n) is 2.39. The van der Waals surface area contributed by atoms with Gasteiger partial charge in [0.1, 0.15) is 23.6 Å². The summed E-state index contributed by atoms with van der Waals surface area (Å²) in [6, 6.07) is 1.59. The molecule has 3 N–H and O–H groups in total. The van der Waals surface area contributed by atoms with Crippen LogP contribution in [0.2, 0.25) is 10.0 Å². The number of thiophene rings is 1. The van der Waals surface area contributed by atoms with Gasteiger partial charge in [0.25, 0.3) is 5.91 Å². The average molecular weight is 413 g/mol. The van der Waals surface area contributed by atoms with Crippen molar-refractivity contribution in [2.75, 3.05) is 20.0 Å². The second-order valence-corrected chi connectivity index (χ2v) is 6.79. The first kappa shape index (κ1) is 18.5. The van der Waals surface area contributed by atoms with E-state index in [0.29, 0.717) is 48.7 Å². The van der Waals surface area contributed by atoms with E-state index in [-0.39, 0.29) is 12.5 Å². The van der Waals surface area contributed by atoms with Crippen LogP contribution in [0.25, 0.3) is 10.2 Å². The molecule has 3 rings (SSSR count). The van der Waals surface area contributed by atoms with Gasteiger partial charge in [-0.05, 0) is 0 Å². The van der Waals surface area contributed by atoms with Crippen LogP contribution < -0.4 is 20.5 Å². The summed E-state index contributed by atoms with van der Waals surface area (Å²) >= 11 is 13.9. The molecule has 0 fully saturated rings. The second-order valence-electron chi connectivity index (χ2n) is 5.16. The number of nitrogens with two attached hydrogens (primary N) is 1. The molecule has 26 heavy (non-hydrogen) atoms. The molecule has 3 aromatic rings. The largest absolute Gasteiger partial charge is 0.495 e. The molecule has 0 aliphatic carbocycles. The molecular weight excluding hydrogens is 399 g/mol. The Labute approximate surface area is 163 Å². The van der Waals surface area contributed by atoms with E-state index in [1.807, 2.05) is 0 Å². The minimum Gasteiger partial charge on any atom is -0.495 e. The number of anilines is 1. The number of aromatic nitrogens is 2. The van der Waals surface area contributed by atoms with Crippen LogP contribution in [0, 0.1) is 0 Å². The minimum absolute atomic E-state index is 0.0853. The normalized spacial score (nSPS) is 10.8. The summed E-state index contributed by atoms with van der Waals surface area (Å²) in [7, 11) is 2.97. The third-order valence-electron chi connectivity index (χ3n) is 3.72. The van der Waals surface area contributed by atoms with E-state index in [1.54, 1.807) is 11.4 Å². The average Bonchev–Trinajstić information content (AvgIpc) is 3.07. The van der Waals surface area contributed by atoms with Crippen molar-refractivity contribution in [2.45, 2.75) is 6.54 Å². The Morgan fingerprint density at radius 2 is 1.88 bits per heavy atom. The Morgan fingerprint density at radius 3 is 2.50 bits per heavy atom. The number of benzene rings is 1. The molecule has 2 heterocycles. The first-order chi connectivity index (χ1) is 12.5. The lowest BCUT2D eigenvalue weighted by molar-refractivity contribution is 0.0952. The van der Waals surface area contributed by atoms with Gasteiger partial charge in [-0.15, -0.1) is 11.3 Å². The Balaban J connectivity index is 1.89. The molecule has 0 saturated carbocycles. The number of nitrogens with zero attached hydrogens (tertiary/aromatic N) is 2. The predicted octanol–water partition coefficient (Wildman–Crippen LogP) is 3.53. The maximum absolute atomic E-state index is 12.6. The smallest absolute Gasteiger partial charge is 0.254 e. The van der Waals surface area contributed by atoms with Crippen LogP contribution in [-0.2, 0) is 6.54 Å². The quantitative estimate of drug-likeness (QED) is 0.664. The van der Waals surface area contributed by atoms with Crippen LogP contribution in [0.15, 0.2) is 17.8 Å². The van der Waals surface area contributed by atoms with Crippen LogP contribution in [0.1, 0.15) is 15.9 Å². The lowest BCUT2D eigenvalue weighted by atomic mass is 10.1. The van der Waals surface area contributed by atoms with Crippen molar-refractivity contribution in [1.82, 2.24) is 15.3 Å². The van der Waals surface area contributed by atoms with E-state index >= 15 is 0 Å². The molecule has 0 aliphatic rings. The van der Waals surface area contributed by atoms with E-state index in [9.17, 15) is 4.79 Å². The number of hydrogen-bond acceptors (Lipinski definition) is 7. The molecular formula is C16H14Cl2N4O3S. The molecule has 0 spiro atoms. The van der Waals surface area contributed by atoms with E-state index in [0.717, 1.165) is 0 Å². The van der Waals surface area contributed by atoms with Crippen molar-refractivity contribution < 1.29 is 14.3 Å². The predicted molar refractivity (Wildman–Crippen MR) is 103 cm³/mol. The SMILES string of the molecule is COc1cc(OC)c(Cl)c(CNC(=O)c2csc3c(N)ncnc23)c1Cl. The van der Waals surface area contributed by atoms with Gasteiger partial charge in [-0.2, -0.15) is 0 Å². The third-order valence-corrected chi connectivity index (χ3v) is 5.54. The zero-order chi connectivity index (χ0) is 18.8. The van der Waals surface area contributed by atoms with Gasteiger partial charge in [-0.3, -0.25) is 4.79 Å². The number of amides is 1. The number of fused-ring (bicyclic) bond motifs is 1. The van der Waals surface area contributed by atoms with Crippen molar-refractivity contribution in [3.05, 3.63) is 38.9 Å². The number of rotatable bonds is 5. The van der Waals surface area contributed by atoms with E-state index in [2.05, 4.69) is 15.3 Å². The van der Waals surface area contributed by atoms with Gasteiger partial charge in [0.05, 0.1) is 40.0 Å². The summed E-state index contributed by atoms with van der Waals surface area (Å²) in [5, 5.41) is 5.08. The number of nitrogens with one attached hydrogen (secondary N) is 1. The Hall–Kier alpha value is -2.29. The molecule has 0 aliphatic heterocycles. The number of halogens is 2. The zero-order valence-corrected chi connectivity index (χ0v) is 16.1. The highest BCUT2D eigenvalue weighted by Gasteiger charge is 2.20. The van der Waals surface area contributed by atoms with Crippen molar-refractivity contribution >= 4 is 56.5 Å². The number of carbonyl (C=O) groups excluding carboxylic acids is 1. The first-order valence-corrected chi connectivity index (χ1v) is 8.96. The fraction of sp³-hybridized carbons (Fsp3) is 0.188. The van der Waals surface area contributed by atoms with Crippen LogP contribution in [0.3, 0.4) is 0 Å². The Bertz CT molecular complexity index is 965. The van der Waals surface area contributed by atoms with Crippen molar-refractivity contribution in [1.29, 1.82) is 0 Å². The van der Waals surface area contributed by atoms with Gasteiger partial charge in [0, 0.05) is 23.6 Å². The second kappa shape index (κ2) is 7.53. The number of methoxy groups -OCH3 is 2. The maximum Gasteiger partial charge on any atom is 0.254 e. The minimum atomic E-state index is -0.330. The molecule has 0 saturated heterocycles. The summed E-state index contributed by atoms with van der Waals surface area (Å²) in [5.74, 6) is 0.809. The number of ether oxygens (including phenoxy) is 2. The summed E-state index contributed by atoms with van der Waals surface area (Å²) in [4.78, 5) is 20.6. The summed E-state index contributed by atoms with van der Waals surface area (Å²) in [6.45, 7) is 0.0853. The topological polar surface area (TPSA) is 99.4 Å². The Kier molecular flexibility index (Phi) is 5.36. The molecule has 1 amide bonds. The third kappa shape index (κ3) is 3.23. The van der Waals surface area contributed by atoms with Crippen molar-refractivity contribution in [3.63, 3.8) is 0 Å². The van der Waals surface area contributed by atoms with Gasteiger partial charge >= 0.3 is 0 Å². The van der Waals surface area contributed by atoms with Gasteiger partial charge < -0.3 is 20.5 Å². The highest BCUT2D eigenvalue weighted by molar-refractivity contribution is 7.18. The number of nitrogen functional groups attached to an aromatic ring is 1. The van der Waals surface area contributed by atoms with E-state index < -0.39 is 0 Å². The highest BCUT2D eigenvalue weighted by atomic mass is 35.5. The van der Waals surface area contributed by atoms with Gasteiger partial charge in [-0.25, -0.2) is 9.97 Å². The number of carbonyl (C=O) groups is 1. The molecule has 0 radical (unpaired) electrons. The molecule has 7 nitrogen and oxygen atoms in total. The summed E-state index contributed by atoms with van der Waals surface area (Å²) < 4.78 is 11.1. The van der Waals surface area contributed by atoms with Gasteiger partial charge in [0.15, 0.2) is 0 Å². The molecule has 2 aromatic heterocycles. The van der Waals surface area contributed by atoms with Crippen LogP contribution in [0.4, 0.5) is 5.82 Å². The number of hydrogen-bond donors (Lipinski definition) is 2. The lowest BCUT2D eigenvalue weighted by Gasteiger charge is -2.15. The molecule has 1 aromatic carbocycles. The van der Waals surface area contributed by atoms with Crippen LogP contribution in [-0.4, -0.2) is 30.1 Å². The first-order valence-electron chi connectivity index (χ1n) is 7.32. The molecule has 10 heteroatoms. The zero-order valence-electron chi connectivity index (χ0n) is 13.8. The molecule has 0 bridgehead atoms. The van der Waals surface area contributed by atoms with E-state index in [1.165, 1.54) is 31.9 Å². The van der Waals surface area contributed by atoms with Crippen molar-refractivity contribution in [2.24, 2.45) is 0 Å². The van der Waals surface area contributed by atoms with Crippen LogP contribution >= 0.6 is 34.5 Å². The van der Waals surface area contributed by atoms with Crippen molar-refractivity contribution in [3.8, 4) is 11.5 Å². The maximum atomic E-state index is 12.6. The lowest BCUT2D eigenvalue weighted by Crippen LogP contribution is -2.23. The van der Waals surface area contributed by atoms with E-state index in [4.69, 9.17) is 38.4 Å². The molecule has 0 atom stereocenters. The standard InChI is InChI=1S/C16H14Cl2N4O3S/c1-24-9-3-10(25-2)12(18)7(11(9)17)4-20-16(23)8-5-26-14-13(8)21-6-22-15(14)19/h3,5-6H,4H2,1-2H3,(H,20,23)(H2,19,21,22). The van der Waals surface area contributed by atoms with Crippen LogP contribution in [0.5, 0.6) is 11.5 Å².